The van der Waals surface area contributed by atoms with Crippen LogP contribution in [0.4, 0.5) is 0 Å². The molecule has 242 valence electrons. The van der Waals surface area contributed by atoms with Crippen LogP contribution in [0.25, 0.3) is 0 Å². The normalized spacial score (nSPS) is 25.3. The van der Waals surface area contributed by atoms with Gasteiger partial charge in [0.05, 0.1) is 28.7 Å². The maximum absolute atomic E-state index is 12.5. The lowest BCUT2D eigenvalue weighted by atomic mass is 9.70. The molecule has 1 aromatic carbocycles. The minimum atomic E-state index is -2.12. The highest BCUT2D eigenvalue weighted by Gasteiger charge is 2.58. The lowest BCUT2D eigenvalue weighted by Crippen LogP contribution is -2.51. The predicted octanol–water partition coefficient (Wildman–Crippen LogP) is 9.33. The first-order valence-corrected chi connectivity index (χ1v) is 20.2. The molecular weight excluding hydrogens is 563 g/mol. The number of aromatic nitrogens is 1. The van der Waals surface area contributed by atoms with E-state index >= 15 is 0 Å². The number of benzene rings is 1. The van der Waals surface area contributed by atoms with Gasteiger partial charge in [-0.05, 0) is 72.2 Å². The highest BCUT2D eigenvalue weighted by Crippen LogP contribution is 2.60. The third kappa shape index (κ3) is 5.50. The summed E-state index contributed by atoms with van der Waals surface area (Å²) >= 11 is 0. The number of rotatable bonds is 4. The van der Waals surface area contributed by atoms with Crippen LogP contribution in [0, 0.1) is 5.41 Å². The molecule has 4 aliphatic rings. The predicted molar refractivity (Wildman–Crippen MR) is 178 cm³/mol. The molecule has 6 heteroatoms. The van der Waals surface area contributed by atoms with Crippen LogP contribution in [0.2, 0.25) is 18.1 Å². The van der Waals surface area contributed by atoms with Gasteiger partial charge in [-0.15, -0.1) is 0 Å². The van der Waals surface area contributed by atoms with Crippen LogP contribution in [-0.2, 0) is 31.3 Å². The van der Waals surface area contributed by atoms with Gasteiger partial charge in [0.2, 0.25) is 11.4 Å². The molecule has 2 fully saturated rings. The van der Waals surface area contributed by atoms with Crippen LogP contribution >= 0.6 is 0 Å². The van der Waals surface area contributed by atoms with E-state index in [-0.39, 0.29) is 39.6 Å². The summed E-state index contributed by atoms with van der Waals surface area (Å²) in [5.41, 5.74) is 8.26. The second-order valence-corrected chi connectivity index (χ2v) is 22.5. The summed E-state index contributed by atoms with van der Waals surface area (Å²) in [7, 11) is -2.12. The Labute approximate surface area is 267 Å². The van der Waals surface area contributed by atoms with Crippen molar-refractivity contribution in [2.24, 2.45) is 5.41 Å². The van der Waals surface area contributed by atoms with Gasteiger partial charge in [-0.3, -0.25) is 5.21 Å². The zero-order valence-electron chi connectivity index (χ0n) is 29.2. The molecule has 0 amide bonds. The fourth-order valence-corrected chi connectivity index (χ4v) is 9.51. The maximum atomic E-state index is 12.5. The minimum Gasteiger partial charge on any atom is -0.410 e. The summed E-state index contributed by atoms with van der Waals surface area (Å²) < 4.78 is 22.3. The second-order valence-electron chi connectivity index (χ2n) is 17.7. The summed E-state index contributed by atoms with van der Waals surface area (Å²) in [4.78, 5) is 0. The van der Waals surface area contributed by atoms with Gasteiger partial charge >= 0.3 is 0 Å². The smallest absolute Gasteiger partial charge is 0.244 e. The van der Waals surface area contributed by atoms with Crippen LogP contribution in [0.3, 0.4) is 0 Å². The molecule has 1 N–H and O–H groups in total. The number of pyridine rings is 1. The molecule has 0 radical (unpaired) electrons. The van der Waals surface area contributed by atoms with Gasteiger partial charge in [0.15, 0.2) is 8.32 Å². The third-order valence-electron chi connectivity index (χ3n) is 11.7. The molecule has 2 aliphatic heterocycles. The first kappa shape index (κ1) is 32.2. The summed E-state index contributed by atoms with van der Waals surface area (Å²) in [6.45, 7) is 24.7. The van der Waals surface area contributed by atoms with Crippen molar-refractivity contribution in [1.29, 1.82) is 0 Å². The zero-order chi connectivity index (χ0) is 31.9. The van der Waals surface area contributed by atoms with E-state index in [9.17, 15) is 5.21 Å². The standard InChI is InChI=1S/C38H58NO4Si/c1-35(2,3)27-15-13-26(14-16-27)34-31-32(38(42-34)19-11-12-20-38)30-28(39(40)33(31)25-17-21-41-22-18-25)23-37(7,8)24-29(30)43-44(9,10)36(4,5)6/h13-16,25,29,34,40H,11-12,17-24H2,1-10H3/q+1. The summed E-state index contributed by atoms with van der Waals surface area (Å²) in [5.74, 6) is 0.231. The maximum Gasteiger partial charge on any atom is 0.244 e. The van der Waals surface area contributed by atoms with E-state index in [0.29, 0.717) is 0 Å². The Hall–Kier alpha value is -1.73. The molecule has 5 nitrogen and oxygen atoms in total. The Morgan fingerprint density at radius 3 is 2.11 bits per heavy atom. The van der Waals surface area contributed by atoms with Crippen molar-refractivity contribution < 1.29 is 23.8 Å². The Morgan fingerprint density at radius 1 is 0.932 bits per heavy atom. The largest absolute Gasteiger partial charge is 0.410 e. The molecule has 1 spiro atoms. The average molecular weight is 621 g/mol. The van der Waals surface area contributed by atoms with Crippen LogP contribution in [0.1, 0.15) is 158 Å². The van der Waals surface area contributed by atoms with E-state index in [1.807, 2.05) is 0 Å². The molecule has 0 bridgehead atoms. The SMILES string of the molecule is CC1(C)Cc2c(c3c(c(C4CCOCC4)[n+]2O)C(c2ccc(C(C)(C)C)cc2)OC32CCCC2)C(O[Si](C)(C)C(C)(C)C)C1. The quantitative estimate of drug-likeness (QED) is 0.210. The van der Waals surface area contributed by atoms with E-state index in [1.54, 1.807) is 4.73 Å². The van der Waals surface area contributed by atoms with Crippen LogP contribution in [0.15, 0.2) is 24.3 Å². The molecule has 1 saturated heterocycles. The Kier molecular flexibility index (Phi) is 8.00. The molecule has 44 heavy (non-hydrogen) atoms. The van der Waals surface area contributed by atoms with Crippen molar-refractivity contribution in [3.05, 3.63) is 63.5 Å². The highest BCUT2D eigenvalue weighted by atomic mass is 28.4. The van der Waals surface area contributed by atoms with Crippen molar-refractivity contribution in [2.45, 2.75) is 154 Å². The van der Waals surface area contributed by atoms with E-state index in [1.165, 1.54) is 40.7 Å². The molecule has 2 unspecified atom stereocenters. The Bertz CT molecular complexity index is 1390. The first-order valence-electron chi connectivity index (χ1n) is 17.3. The molecule has 2 atom stereocenters. The van der Waals surface area contributed by atoms with Crippen molar-refractivity contribution in [3.63, 3.8) is 0 Å². The highest BCUT2D eigenvalue weighted by molar-refractivity contribution is 6.74. The number of hydrogen-bond acceptors (Lipinski definition) is 4. The van der Waals surface area contributed by atoms with Crippen molar-refractivity contribution in [1.82, 2.24) is 0 Å². The van der Waals surface area contributed by atoms with Gasteiger partial charge < -0.3 is 13.9 Å². The fraction of sp³-hybridized carbons (Fsp3) is 0.711. The monoisotopic (exact) mass is 620 g/mol. The average Bonchev–Trinajstić information content (AvgIpc) is 3.53. The third-order valence-corrected chi connectivity index (χ3v) is 16.2. The Morgan fingerprint density at radius 2 is 1.55 bits per heavy atom. The number of fused-ring (bicyclic) bond motifs is 4. The van der Waals surface area contributed by atoms with Gasteiger partial charge in [-0.2, -0.15) is 0 Å². The second kappa shape index (κ2) is 10.9. The van der Waals surface area contributed by atoms with Crippen molar-refractivity contribution >= 4 is 8.32 Å². The zero-order valence-corrected chi connectivity index (χ0v) is 30.2. The van der Waals surface area contributed by atoms with E-state index in [4.69, 9.17) is 13.9 Å². The lowest BCUT2D eigenvalue weighted by molar-refractivity contribution is -0.916. The van der Waals surface area contributed by atoms with Crippen molar-refractivity contribution in [3.8, 4) is 0 Å². The minimum absolute atomic E-state index is 0.0101. The van der Waals surface area contributed by atoms with Gasteiger partial charge in [0.1, 0.15) is 6.10 Å². The molecule has 2 aliphatic carbocycles. The van der Waals surface area contributed by atoms with E-state index in [2.05, 4.69) is 92.7 Å². The van der Waals surface area contributed by atoms with E-state index < -0.39 is 8.32 Å². The number of nitrogens with zero attached hydrogens (tertiary/aromatic N) is 1. The number of ether oxygens (including phenoxy) is 2. The summed E-state index contributed by atoms with van der Waals surface area (Å²) in [6.07, 6.45) is 7.76. The summed E-state index contributed by atoms with van der Waals surface area (Å²) in [5, 5.41) is 12.6. The van der Waals surface area contributed by atoms with E-state index in [0.717, 1.165) is 63.1 Å². The van der Waals surface area contributed by atoms with Gasteiger partial charge in [-0.25, -0.2) is 0 Å². The lowest BCUT2D eigenvalue weighted by Gasteiger charge is -2.44. The van der Waals surface area contributed by atoms with Gasteiger partial charge in [-0.1, -0.05) is 92.5 Å². The fourth-order valence-electron chi connectivity index (χ4n) is 8.24. The molecule has 6 rings (SSSR count). The summed E-state index contributed by atoms with van der Waals surface area (Å²) in [6, 6.07) is 9.13. The number of hydrogen-bond donors (Lipinski definition) is 1. The van der Waals surface area contributed by atoms with Crippen LogP contribution in [-0.4, -0.2) is 26.7 Å². The Balaban J connectivity index is 1.63. The molecule has 3 heterocycles. The molecule has 2 aromatic rings. The topological polar surface area (TPSA) is 51.8 Å². The molecule has 1 saturated carbocycles. The van der Waals surface area contributed by atoms with Crippen LogP contribution < -0.4 is 4.73 Å². The first-order chi connectivity index (χ1) is 20.4. The van der Waals surface area contributed by atoms with Gasteiger partial charge in [0.25, 0.3) is 0 Å². The van der Waals surface area contributed by atoms with Crippen LogP contribution in [0.5, 0.6) is 0 Å². The van der Waals surface area contributed by atoms with Crippen molar-refractivity contribution in [2.75, 3.05) is 13.2 Å². The molecular formula is C38H58NO4Si+. The molecule has 1 aromatic heterocycles. The van der Waals surface area contributed by atoms with Gasteiger partial charge in [0, 0.05) is 29.9 Å².